The molecule has 0 unspecified atom stereocenters. The molecule has 0 spiro atoms. The molecule has 5 nitrogen and oxygen atoms in total. The fraction of sp³-hybridized carbons (Fsp3) is 0.222. The molecule has 6 heteroatoms. The molecule has 0 fully saturated rings. The SMILES string of the molecule is CCOc1ccc(-n2cn[nH]c2=S)cn1. The molecule has 2 rings (SSSR count). The zero-order chi connectivity index (χ0) is 10.7. The summed E-state index contributed by atoms with van der Waals surface area (Å²) in [5, 5.41) is 6.51. The van der Waals surface area contributed by atoms with Crippen LogP contribution in [-0.4, -0.2) is 26.4 Å². The third-order valence-corrected chi connectivity index (χ3v) is 2.13. The van der Waals surface area contributed by atoms with Gasteiger partial charge in [0.2, 0.25) is 5.88 Å². The van der Waals surface area contributed by atoms with Crippen LogP contribution >= 0.6 is 12.2 Å². The summed E-state index contributed by atoms with van der Waals surface area (Å²) in [7, 11) is 0. The summed E-state index contributed by atoms with van der Waals surface area (Å²) >= 11 is 5.04. The van der Waals surface area contributed by atoms with E-state index >= 15 is 0 Å². The van der Waals surface area contributed by atoms with E-state index in [9.17, 15) is 0 Å². The smallest absolute Gasteiger partial charge is 0.213 e. The number of ether oxygens (including phenoxy) is 1. The van der Waals surface area contributed by atoms with Crippen LogP contribution < -0.4 is 4.74 Å². The number of aromatic nitrogens is 4. The van der Waals surface area contributed by atoms with Gasteiger partial charge in [0.25, 0.3) is 0 Å². The molecule has 0 atom stereocenters. The summed E-state index contributed by atoms with van der Waals surface area (Å²) in [5.41, 5.74) is 0.859. The van der Waals surface area contributed by atoms with Crippen molar-refractivity contribution in [2.75, 3.05) is 6.61 Å². The van der Waals surface area contributed by atoms with Gasteiger partial charge in [-0.1, -0.05) is 0 Å². The second kappa shape index (κ2) is 4.22. The van der Waals surface area contributed by atoms with Gasteiger partial charge in [-0.05, 0) is 25.2 Å². The highest BCUT2D eigenvalue weighted by Crippen LogP contribution is 2.11. The molecule has 15 heavy (non-hydrogen) atoms. The van der Waals surface area contributed by atoms with Crippen molar-refractivity contribution in [3.63, 3.8) is 0 Å². The second-order valence-corrected chi connectivity index (χ2v) is 3.21. The first-order valence-electron chi connectivity index (χ1n) is 4.52. The Kier molecular flexibility index (Phi) is 2.77. The Hall–Kier alpha value is -1.69. The highest BCUT2D eigenvalue weighted by Gasteiger charge is 1.99. The molecular formula is C9H10N4OS. The van der Waals surface area contributed by atoms with Crippen LogP contribution in [0.1, 0.15) is 6.92 Å². The Balaban J connectivity index is 2.32. The molecule has 0 amide bonds. The van der Waals surface area contributed by atoms with Gasteiger partial charge in [-0.2, -0.15) is 5.10 Å². The lowest BCUT2D eigenvalue weighted by atomic mass is 10.4. The van der Waals surface area contributed by atoms with E-state index in [1.807, 2.05) is 13.0 Å². The number of nitrogens with zero attached hydrogens (tertiary/aromatic N) is 3. The molecule has 0 aromatic carbocycles. The van der Waals surface area contributed by atoms with Crippen LogP contribution in [-0.2, 0) is 0 Å². The molecule has 0 saturated heterocycles. The number of rotatable bonds is 3. The normalized spacial score (nSPS) is 10.2. The van der Waals surface area contributed by atoms with E-state index in [-0.39, 0.29) is 0 Å². The Morgan fingerprint density at radius 1 is 1.53 bits per heavy atom. The molecule has 2 aromatic heterocycles. The summed E-state index contributed by atoms with van der Waals surface area (Å²) in [4.78, 5) is 4.13. The van der Waals surface area contributed by atoms with Crippen LogP contribution in [0.2, 0.25) is 0 Å². The molecule has 0 aliphatic carbocycles. The third-order valence-electron chi connectivity index (χ3n) is 1.84. The molecule has 78 valence electrons. The number of pyridine rings is 1. The maximum absolute atomic E-state index is 5.24. The Bertz CT molecular complexity index is 487. The van der Waals surface area contributed by atoms with Crippen LogP contribution in [0, 0.1) is 4.77 Å². The highest BCUT2D eigenvalue weighted by atomic mass is 32.1. The van der Waals surface area contributed by atoms with E-state index in [4.69, 9.17) is 17.0 Å². The number of hydrogen-bond donors (Lipinski definition) is 1. The van der Waals surface area contributed by atoms with E-state index in [1.165, 1.54) is 0 Å². The van der Waals surface area contributed by atoms with Gasteiger partial charge in [-0.25, -0.2) is 4.98 Å². The van der Waals surface area contributed by atoms with Crippen molar-refractivity contribution in [1.29, 1.82) is 0 Å². The first-order valence-corrected chi connectivity index (χ1v) is 4.93. The fourth-order valence-corrected chi connectivity index (χ4v) is 1.39. The lowest BCUT2D eigenvalue weighted by Gasteiger charge is -2.03. The Morgan fingerprint density at radius 2 is 2.40 bits per heavy atom. The van der Waals surface area contributed by atoms with Gasteiger partial charge in [0.05, 0.1) is 18.5 Å². The summed E-state index contributed by atoms with van der Waals surface area (Å²) in [6.45, 7) is 2.53. The molecule has 0 radical (unpaired) electrons. The van der Waals surface area contributed by atoms with Gasteiger partial charge in [0.15, 0.2) is 4.77 Å². The van der Waals surface area contributed by atoms with E-state index in [1.54, 1.807) is 23.2 Å². The van der Waals surface area contributed by atoms with Gasteiger partial charge in [-0.3, -0.25) is 9.67 Å². The van der Waals surface area contributed by atoms with E-state index in [0.717, 1.165) is 5.69 Å². The first kappa shape index (κ1) is 9.85. The van der Waals surface area contributed by atoms with E-state index in [0.29, 0.717) is 17.3 Å². The van der Waals surface area contributed by atoms with Crippen LogP contribution in [0.15, 0.2) is 24.7 Å². The quantitative estimate of drug-likeness (QED) is 0.803. The van der Waals surface area contributed by atoms with Gasteiger partial charge in [0.1, 0.15) is 6.33 Å². The van der Waals surface area contributed by atoms with Gasteiger partial charge >= 0.3 is 0 Å². The van der Waals surface area contributed by atoms with Crippen molar-refractivity contribution in [2.24, 2.45) is 0 Å². The number of H-pyrrole nitrogens is 1. The standard InChI is InChI=1S/C9H10N4OS/c1-2-14-8-4-3-7(5-10-8)13-6-11-12-9(13)15/h3-6H,2H2,1H3,(H,12,15). The third kappa shape index (κ3) is 2.04. The largest absolute Gasteiger partial charge is 0.478 e. The zero-order valence-electron chi connectivity index (χ0n) is 8.17. The number of hydrogen-bond acceptors (Lipinski definition) is 4. The van der Waals surface area contributed by atoms with Crippen molar-refractivity contribution < 1.29 is 4.74 Å². The minimum atomic E-state index is 0.543. The van der Waals surface area contributed by atoms with Crippen LogP contribution in [0.4, 0.5) is 0 Å². The fourth-order valence-electron chi connectivity index (χ4n) is 1.18. The average Bonchev–Trinajstić information content (AvgIpc) is 2.66. The summed E-state index contributed by atoms with van der Waals surface area (Å²) in [5.74, 6) is 0.608. The topological polar surface area (TPSA) is 55.7 Å². The van der Waals surface area contributed by atoms with Crippen molar-refractivity contribution in [1.82, 2.24) is 19.7 Å². The predicted octanol–water partition coefficient (Wildman–Crippen LogP) is 1.72. The predicted molar refractivity (Wildman–Crippen MR) is 57.7 cm³/mol. The number of nitrogens with one attached hydrogen (secondary N) is 1. The minimum Gasteiger partial charge on any atom is -0.478 e. The van der Waals surface area contributed by atoms with Crippen LogP contribution in [0.3, 0.4) is 0 Å². The molecule has 0 aliphatic heterocycles. The summed E-state index contributed by atoms with van der Waals surface area (Å²) < 4.78 is 7.52. The first-order chi connectivity index (χ1) is 7.31. The Morgan fingerprint density at radius 3 is 2.93 bits per heavy atom. The second-order valence-electron chi connectivity index (χ2n) is 2.82. The van der Waals surface area contributed by atoms with Crippen LogP contribution in [0.25, 0.3) is 5.69 Å². The van der Waals surface area contributed by atoms with Crippen molar-refractivity contribution >= 4 is 12.2 Å². The van der Waals surface area contributed by atoms with Crippen LogP contribution in [0.5, 0.6) is 5.88 Å². The minimum absolute atomic E-state index is 0.543. The monoisotopic (exact) mass is 222 g/mol. The molecule has 1 N–H and O–H groups in total. The van der Waals surface area contributed by atoms with Crippen molar-refractivity contribution in [2.45, 2.75) is 6.92 Å². The van der Waals surface area contributed by atoms with Crippen molar-refractivity contribution in [3.8, 4) is 11.6 Å². The average molecular weight is 222 g/mol. The van der Waals surface area contributed by atoms with Gasteiger partial charge < -0.3 is 4.74 Å². The van der Waals surface area contributed by atoms with Gasteiger partial charge in [-0.15, -0.1) is 0 Å². The van der Waals surface area contributed by atoms with E-state index in [2.05, 4.69) is 15.2 Å². The molecule has 0 aliphatic rings. The number of aromatic amines is 1. The molecule has 2 heterocycles. The molecule has 0 bridgehead atoms. The molecule has 0 saturated carbocycles. The highest BCUT2D eigenvalue weighted by molar-refractivity contribution is 7.71. The zero-order valence-corrected chi connectivity index (χ0v) is 8.99. The van der Waals surface area contributed by atoms with E-state index < -0.39 is 0 Å². The summed E-state index contributed by atoms with van der Waals surface area (Å²) in [6, 6.07) is 3.68. The Labute approximate surface area is 91.7 Å². The summed E-state index contributed by atoms with van der Waals surface area (Å²) in [6.07, 6.45) is 3.30. The maximum atomic E-state index is 5.24. The van der Waals surface area contributed by atoms with Crippen molar-refractivity contribution in [3.05, 3.63) is 29.4 Å². The maximum Gasteiger partial charge on any atom is 0.213 e. The molecule has 2 aromatic rings. The lowest BCUT2D eigenvalue weighted by Crippen LogP contribution is -1.97. The van der Waals surface area contributed by atoms with Gasteiger partial charge in [0, 0.05) is 6.07 Å². The lowest BCUT2D eigenvalue weighted by molar-refractivity contribution is 0.327. The molecular weight excluding hydrogens is 212 g/mol.